The van der Waals surface area contributed by atoms with Crippen LogP contribution in [-0.2, 0) is 19.1 Å². The lowest BCUT2D eigenvalue weighted by Crippen LogP contribution is -2.34. The number of furan rings is 1. The molecule has 1 saturated heterocycles. The van der Waals surface area contributed by atoms with Gasteiger partial charge in [0.1, 0.15) is 18.1 Å². The highest BCUT2D eigenvalue weighted by Crippen LogP contribution is 2.33. The Morgan fingerprint density at radius 2 is 2.00 bits per heavy atom. The lowest BCUT2D eigenvalue weighted by Gasteiger charge is -2.10. The predicted octanol–water partition coefficient (Wildman–Crippen LogP) is 3.99. The highest BCUT2D eigenvalue weighted by Gasteiger charge is 2.36. The number of ether oxygens (including phenoxy) is 2. The van der Waals surface area contributed by atoms with E-state index in [1.54, 1.807) is 31.2 Å². The molecular weight excluding hydrogens is 434 g/mol. The van der Waals surface area contributed by atoms with Gasteiger partial charge in [0.05, 0.1) is 29.2 Å². The van der Waals surface area contributed by atoms with Crippen LogP contribution in [0.15, 0.2) is 39.7 Å². The molecule has 0 radical (unpaired) electrons. The molecular formula is C20H16ClNO7S. The first-order valence-electron chi connectivity index (χ1n) is 8.73. The molecule has 0 N–H and O–H groups in total. The highest BCUT2D eigenvalue weighted by atomic mass is 35.5. The first kappa shape index (κ1) is 21.7. The Labute approximate surface area is 180 Å². The van der Waals surface area contributed by atoms with Crippen molar-refractivity contribution in [3.63, 3.8) is 0 Å². The predicted molar refractivity (Wildman–Crippen MR) is 110 cm³/mol. The molecule has 1 aliphatic rings. The third-order valence-electron chi connectivity index (χ3n) is 4.02. The number of amides is 2. The summed E-state index contributed by atoms with van der Waals surface area (Å²) in [5.74, 6) is -1.10. The van der Waals surface area contributed by atoms with Gasteiger partial charge in [0.15, 0.2) is 0 Å². The third kappa shape index (κ3) is 4.58. The quantitative estimate of drug-likeness (QED) is 0.481. The Balaban J connectivity index is 1.81. The van der Waals surface area contributed by atoms with Gasteiger partial charge in [-0.2, -0.15) is 0 Å². The molecule has 0 aliphatic carbocycles. The van der Waals surface area contributed by atoms with Gasteiger partial charge in [-0.05, 0) is 49.0 Å². The smallest absolute Gasteiger partial charge is 0.339 e. The fourth-order valence-corrected chi connectivity index (χ4v) is 3.64. The lowest BCUT2D eigenvalue weighted by atomic mass is 10.1. The van der Waals surface area contributed by atoms with E-state index in [0.29, 0.717) is 28.8 Å². The zero-order valence-corrected chi connectivity index (χ0v) is 17.5. The molecule has 10 heteroatoms. The molecule has 1 aromatic heterocycles. The van der Waals surface area contributed by atoms with Crippen molar-refractivity contribution in [1.82, 2.24) is 4.90 Å². The van der Waals surface area contributed by atoms with Crippen LogP contribution in [0.5, 0.6) is 0 Å². The summed E-state index contributed by atoms with van der Waals surface area (Å²) in [6.07, 6.45) is 1.41. The van der Waals surface area contributed by atoms with Crippen molar-refractivity contribution in [2.24, 2.45) is 0 Å². The maximum Gasteiger partial charge on any atom is 0.339 e. The summed E-state index contributed by atoms with van der Waals surface area (Å²) in [4.78, 5) is 48.8. The van der Waals surface area contributed by atoms with Crippen LogP contribution in [0.4, 0.5) is 4.79 Å². The minimum Gasteiger partial charge on any atom is -0.465 e. The molecule has 3 rings (SSSR count). The van der Waals surface area contributed by atoms with Gasteiger partial charge in [-0.15, -0.1) is 0 Å². The lowest BCUT2D eigenvalue weighted by molar-refractivity contribution is -0.145. The molecule has 1 aromatic carbocycles. The van der Waals surface area contributed by atoms with Crippen molar-refractivity contribution in [3.05, 3.63) is 51.6 Å². The fraction of sp³-hybridized carbons (Fsp3) is 0.200. The summed E-state index contributed by atoms with van der Waals surface area (Å²) in [5, 5.41) is -0.320. The number of carbonyl (C=O) groups excluding carboxylic acids is 4. The van der Waals surface area contributed by atoms with Crippen LogP contribution in [0.25, 0.3) is 17.4 Å². The average molecular weight is 450 g/mol. The molecule has 30 heavy (non-hydrogen) atoms. The zero-order valence-electron chi connectivity index (χ0n) is 16.0. The van der Waals surface area contributed by atoms with Crippen LogP contribution in [0.1, 0.15) is 23.0 Å². The third-order valence-corrected chi connectivity index (χ3v) is 5.26. The van der Waals surface area contributed by atoms with E-state index < -0.39 is 29.6 Å². The molecule has 0 spiro atoms. The Morgan fingerprint density at radius 1 is 1.23 bits per heavy atom. The van der Waals surface area contributed by atoms with E-state index >= 15 is 0 Å². The van der Waals surface area contributed by atoms with Crippen LogP contribution in [-0.4, -0.2) is 48.2 Å². The normalized spacial score (nSPS) is 15.0. The fourth-order valence-electron chi connectivity index (χ4n) is 2.63. The zero-order chi connectivity index (χ0) is 21.8. The van der Waals surface area contributed by atoms with Gasteiger partial charge in [0, 0.05) is 11.6 Å². The molecule has 1 fully saturated rings. The van der Waals surface area contributed by atoms with Gasteiger partial charge >= 0.3 is 11.9 Å². The van der Waals surface area contributed by atoms with E-state index in [1.165, 1.54) is 19.3 Å². The van der Waals surface area contributed by atoms with Crippen molar-refractivity contribution in [3.8, 4) is 11.3 Å². The minimum atomic E-state index is -0.662. The number of carbonyl (C=O) groups is 4. The van der Waals surface area contributed by atoms with Crippen LogP contribution < -0.4 is 0 Å². The molecule has 0 saturated carbocycles. The highest BCUT2D eigenvalue weighted by molar-refractivity contribution is 8.18. The molecule has 2 heterocycles. The Morgan fingerprint density at radius 3 is 2.70 bits per heavy atom. The number of halogens is 1. The first-order valence-corrected chi connectivity index (χ1v) is 9.92. The minimum absolute atomic E-state index is 0.122. The van der Waals surface area contributed by atoms with Gasteiger partial charge in [-0.25, -0.2) is 4.79 Å². The second kappa shape index (κ2) is 9.19. The van der Waals surface area contributed by atoms with Crippen molar-refractivity contribution in [2.75, 3.05) is 20.3 Å². The number of esters is 2. The summed E-state index contributed by atoms with van der Waals surface area (Å²) in [6.45, 7) is 1.34. The molecule has 156 valence electrons. The molecule has 8 nitrogen and oxygen atoms in total. The van der Waals surface area contributed by atoms with Crippen LogP contribution in [0, 0.1) is 0 Å². The summed E-state index contributed by atoms with van der Waals surface area (Å²) < 4.78 is 15.2. The largest absolute Gasteiger partial charge is 0.465 e. The Kier molecular flexibility index (Phi) is 6.63. The van der Waals surface area contributed by atoms with E-state index in [0.717, 1.165) is 4.90 Å². The first-order chi connectivity index (χ1) is 14.3. The summed E-state index contributed by atoms with van der Waals surface area (Å²) in [7, 11) is 1.26. The van der Waals surface area contributed by atoms with E-state index in [1.807, 2.05) is 0 Å². The van der Waals surface area contributed by atoms with Gasteiger partial charge < -0.3 is 13.9 Å². The van der Waals surface area contributed by atoms with E-state index in [4.69, 9.17) is 25.5 Å². The standard InChI is InChI=1S/C20H16ClNO7S/c1-3-28-17(23)10-22-18(24)16(30-20(22)26)9-12-5-7-15(29-12)11-4-6-14(21)13(8-11)19(25)27-2/h4-9H,3,10H2,1-2H3/b16-9+. The SMILES string of the molecule is CCOC(=O)CN1C(=O)S/C(=C/c2ccc(-c3ccc(Cl)c(C(=O)OC)c3)o2)C1=O. The van der Waals surface area contributed by atoms with Crippen molar-refractivity contribution in [2.45, 2.75) is 6.92 Å². The molecule has 0 atom stereocenters. The maximum absolute atomic E-state index is 12.4. The monoisotopic (exact) mass is 449 g/mol. The Hall–Kier alpha value is -3.04. The number of hydrogen-bond acceptors (Lipinski definition) is 8. The van der Waals surface area contributed by atoms with E-state index in [9.17, 15) is 19.2 Å². The van der Waals surface area contributed by atoms with Gasteiger partial charge in [-0.1, -0.05) is 11.6 Å². The molecule has 0 unspecified atom stereocenters. The van der Waals surface area contributed by atoms with Crippen LogP contribution in [0.2, 0.25) is 5.02 Å². The number of thioether (sulfide) groups is 1. The maximum atomic E-state index is 12.4. The number of methoxy groups -OCH3 is 1. The molecule has 2 aromatic rings. The van der Waals surface area contributed by atoms with Gasteiger partial charge in [-0.3, -0.25) is 19.3 Å². The molecule has 1 aliphatic heterocycles. The number of nitrogens with zero attached hydrogens (tertiary/aromatic N) is 1. The topological polar surface area (TPSA) is 103 Å². The summed E-state index contributed by atoms with van der Waals surface area (Å²) >= 11 is 6.73. The number of benzene rings is 1. The number of imide groups is 1. The second-order valence-electron chi connectivity index (χ2n) is 5.96. The van der Waals surface area contributed by atoms with Crippen molar-refractivity contribution >= 4 is 52.5 Å². The second-order valence-corrected chi connectivity index (χ2v) is 7.36. The van der Waals surface area contributed by atoms with Gasteiger partial charge in [0.2, 0.25) is 0 Å². The van der Waals surface area contributed by atoms with E-state index in [-0.39, 0.29) is 22.1 Å². The van der Waals surface area contributed by atoms with Crippen LogP contribution >= 0.6 is 23.4 Å². The van der Waals surface area contributed by atoms with Crippen molar-refractivity contribution < 1.29 is 33.1 Å². The van der Waals surface area contributed by atoms with Gasteiger partial charge in [0.25, 0.3) is 11.1 Å². The average Bonchev–Trinajstić information content (AvgIpc) is 3.28. The Bertz CT molecular complexity index is 1060. The summed E-state index contributed by atoms with van der Waals surface area (Å²) in [6, 6.07) is 8.01. The van der Waals surface area contributed by atoms with Crippen molar-refractivity contribution in [1.29, 1.82) is 0 Å². The summed E-state index contributed by atoms with van der Waals surface area (Å²) in [5.41, 5.74) is 0.768. The van der Waals surface area contributed by atoms with Crippen LogP contribution in [0.3, 0.4) is 0 Å². The number of hydrogen-bond donors (Lipinski definition) is 0. The molecule has 0 bridgehead atoms. The molecule has 2 amide bonds. The van der Waals surface area contributed by atoms with E-state index in [2.05, 4.69) is 0 Å². The number of rotatable bonds is 6.